The van der Waals surface area contributed by atoms with Crippen molar-refractivity contribution < 1.29 is 51.1 Å². The van der Waals surface area contributed by atoms with Gasteiger partial charge in [-0.3, -0.25) is 9.99 Å². The number of hydrogen-bond donors (Lipinski definition) is 7. The number of aromatic nitrogens is 5. The average molecular weight is 1130 g/mol. The van der Waals surface area contributed by atoms with Crippen LogP contribution in [0, 0.1) is 11.8 Å². The predicted molar refractivity (Wildman–Crippen MR) is 301 cm³/mol. The molecular formula is C58H60ClF4N11O7. The summed E-state index contributed by atoms with van der Waals surface area (Å²) in [6.45, 7) is 2.82. The second-order valence-electron chi connectivity index (χ2n) is 19.4. The molecule has 81 heavy (non-hydrogen) atoms. The lowest BCUT2D eigenvalue weighted by molar-refractivity contribution is -0.140. The van der Waals surface area contributed by atoms with Crippen LogP contribution in [0.3, 0.4) is 0 Å². The van der Waals surface area contributed by atoms with E-state index in [2.05, 4.69) is 76.5 Å². The molecule has 0 bridgehead atoms. The van der Waals surface area contributed by atoms with Crippen LogP contribution in [0.15, 0.2) is 115 Å². The highest BCUT2D eigenvalue weighted by atomic mass is 35.5. The molecule has 18 nitrogen and oxygen atoms in total. The standard InChI is InChI=1S/C58H60ClF4N11O7/c1-72-17-14-39-26-38(9-12-54(39)72)45-30-52-53(31-48(45)59)69-57(68-52)81-43-11-8-37(46(29-43)56(75)76)7-10-40-35-73(71-70-40)18-19-77-20-21-78-22-23-79-24-25-80-44-27-41(32-65-33-44)66-15-3-4-42-28-47-50(67-51-13-16-64-34-49(51)60)5-2-6-55(47)74(42)36-58(61,62)63/h2,5-6,8-9,11-12,14,17,26-33,35,49,51,64,66-67,70-71H,7,10,13,15-16,18-25,34,36H2,1H3,(H,68,69)(H,75,76)/t49-,51+/m1/s1. The lowest BCUT2D eigenvalue weighted by atomic mass is 10.0. The Hall–Kier alpha value is -8.04. The van der Waals surface area contributed by atoms with Gasteiger partial charge in [0.05, 0.1) is 110 Å². The molecule has 0 aliphatic carbocycles. The Labute approximate surface area is 468 Å². The number of imidazole rings is 1. The number of allylic oxidation sites excluding steroid dienone is 1. The number of ether oxygens (including phenoxy) is 5. The number of carboxylic acids is 1. The number of halogens is 5. The fourth-order valence-corrected chi connectivity index (χ4v) is 9.90. The van der Waals surface area contributed by atoms with Gasteiger partial charge in [-0.05, 0) is 104 Å². The Morgan fingerprint density at radius 3 is 2.56 bits per heavy atom. The minimum absolute atomic E-state index is 0.123. The van der Waals surface area contributed by atoms with Gasteiger partial charge in [-0.15, -0.1) is 5.53 Å². The molecule has 2 aliphatic heterocycles. The van der Waals surface area contributed by atoms with E-state index < -0.39 is 30.9 Å². The highest BCUT2D eigenvalue weighted by Crippen LogP contribution is 2.36. The Bertz CT molecular complexity index is 3590. The third-order valence-corrected chi connectivity index (χ3v) is 14.0. The van der Waals surface area contributed by atoms with Gasteiger partial charge >= 0.3 is 12.1 Å². The predicted octanol–water partition coefficient (Wildman–Crippen LogP) is 9.58. The Morgan fingerprint density at radius 1 is 0.914 bits per heavy atom. The third kappa shape index (κ3) is 14.7. The highest BCUT2D eigenvalue weighted by Gasteiger charge is 2.31. The number of aryl methyl sites for hydroxylation is 2. The molecule has 2 atom stereocenters. The van der Waals surface area contributed by atoms with Crippen LogP contribution < -0.4 is 36.4 Å². The molecule has 10 rings (SSSR count). The number of carboxylic acid groups (broad SMARTS) is 1. The number of hydrogen-bond acceptors (Lipinski definition) is 14. The molecule has 424 valence electrons. The van der Waals surface area contributed by atoms with Crippen LogP contribution >= 0.6 is 11.6 Å². The van der Waals surface area contributed by atoms with E-state index in [4.69, 9.17) is 35.3 Å². The number of anilines is 2. The summed E-state index contributed by atoms with van der Waals surface area (Å²) in [5.74, 6) is 5.57. The zero-order chi connectivity index (χ0) is 56.3. The van der Waals surface area contributed by atoms with Gasteiger partial charge < -0.3 is 64.3 Å². The van der Waals surface area contributed by atoms with E-state index in [0.29, 0.717) is 127 Å². The maximum Gasteiger partial charge on any atom is 0.406 e. The van der Waals surface area contributed by atoms with E-state index in [-0.39, 0.29) is 37.0 Å². The van der Waals surface area contributed by atoms with Crippen molar-refractivity contribution in [1.82, 2.24) is 45.4 Å². The second kappa shape index (κ2) is 26.0. The first kappa shape index (κ1) is 56.2. The number of hydrazine groups is 2. The summed E-state index contributed by atoms with van der Waals surface area (Å²) in [6.07, 6.45) is 3.04. The van der Waals surface area contributed by atoms with Crippen molar-refractivity contribution in [2.75, 3.05) is 83.1 Å². The number of H-pyrrole nitrogens is 1. The van der Waals surface area contributed by atoms with Crippen LogP contribution in [0.4, 0.5) is 28.9 Å². The highest BCUT2D eigenvalue weighted by molar-refractivity contribution is 6.34. The first-order valence-electron chi connectivity index (χ1n) is 26.4. The van der Waals surface area contributed by atoms with Gasteiger partial charge in [-0.1, -0.05) is 35.7 Å². The molecule has 7 N–H and O–H groups in total. The van der Waals surface area contributed by atoms with Gasteiger partial charge in [-0.25, -0.2) is 9.18 Å². The minimum Gasteiger partial charge on any atom is -0.489 e. The van der Waals surface area contributed by atoms with Crippen LogP contribution in [0.5, 0.6) is 17.5 Å². The van der Waals surface area contributed by atoms with Gasteiger partial charge in [0.15, 0.2) is 0 Å². The van der Waals surface area contributed by atoms with Crippen molar-refractivity contribution in [2.45, 2.75) is 44.2 Å². The average Bonchev–Trinajstić information content (AvgIpc) is 4.40. The lowest BCUT2D eigenvalue weighted by Crippen LogP contribution is -2.45. The maximum absolute atomic E-state index is 14.6. The summed E-state index contributed by atoms with van der Waals surface area (Å²) in [7, 11) is 2.00. The van der Waals surface area contributed by atoms with Crippen LogP contribution in [0.1, 0.15) is 34.5 Å². The van der Waals surface area contributed by atoms with E-state index in [1.807, 2.05) is 42.7 Å². The molecule has 23 heteroatoms. The molecule has 0 radical (unpaired) electrons. The van der Waals surface area contributed by atoms with E-state index in [1.54, 1.807) is 54.9 Å². The van der Waals surface area contributed by atoms with Crippen molar-refractivity contribution >= 4 is 61.8 Å². The van der Waals surface area contributed by atoms with E-state index in [9.17, 15) is 27.5 Å². The van der Waals surface area contributed by atoms with Crippen LogP contribution in [0.2, 0.25) is 5.02 Å². The molecule has 0 unspecified atom stereocenters. The monoisotopic (exact) mass is 1130 g/mol. The number of benzene rings is 4. The summed E-state index contributed by atoms with van der Waals surface area (Å²) in [5, 5.41) is 23.5. The molecular weight excluding hydrogens is 1070 g/mol. The van der Waals surface area contributed by atoms with Crippen molar-refractivity contribution in [3.8, 4) is 40.5 Å². The molecule has 4 aromatic carbocycles. The second-order valence-corrected chi connectivity index (χ2v) is 19.8. The maximum atomic E-state index is 14.6. The van der Waals surface area contributed by atoms with Crippen molar-refractivity contribution in [1.29, 1.82) is 0 Å². The van der Waals surface area contributed by atoms with Crippen LogP contribution in [-0.2, 0) is 34.2 Å². The zero-order valence-corrected chi connectivity index (χ0v) is 44.9. The van der Waals surface area contributed by atoms with Crippen LogP contribution in [0.25, 0.3) is 44.0 Å². The molecule has 6 heterocycles. The molecule has 1 fully saturated rings. The number of piperidine rings is 1. The fraction of sp³-hybridized carbons (Fsp3) is 0.328. The Balaban J connectivity index is 0.590. The molecule has 1 saturated heterocycles. The smallest absolute Gasteiger partial charge is 0.406 e. The summed E-state index contributed by atoms with van der Waals surface area (Å²) in [5.41, 5.74) is 13.9. The largest absolute Gasteiger partial charge is 0.489 e. The summed E-state index contributed by atoms with van der Waals surface area (Å²) < 4.78 is 87.8. The molecule has 0 spiro atoms. The summed E-state index contributed by atoms with van der Waals surface area (Å²) in [4.78, 5) is 24.3. The first-order valence-corrected chi connectivity index (χ1v) is 26.8. The van der Waals surface area contributed by atoms with Gasteiger partial charge in [0.25, 0.3) is 6.01 Å². The number of fused-ring (bicyclic) bond motifs is 3. The Morgan fingerprint density at radius 2 is 1.74 bits per heavy atom. The molecule has 4 aromatic heterocycles. The number of alkyl halides is 4. The number of nitrogens with one attached hydrogen (secondary N) is 6. The van der Waals surface area contributed by atoms with E-state index in [0.717, 1.165) is 32.3 Å². The molecule has 0 amide bonds. The number of carbonyl (C=O) groups is 1. The molecule has 0 saturated carbocycles. The molecule has 2 aliphatic rings. The topological polar surface area (TPSA) is 198 Å². The molecule has 8 aromatic rings. The van der Waals surface area contributed by atoms with Gasteiger partial charge in [0, 0.05) is 65.3 Å². The summed E-state index contributed by atoms with van der Waals surface area (Å²) in [6, 6.07) is 25.1. The Kier molecular flexibility index (Phi) is 18.1. The van der Waals surface area contributed by atoms with Gasteiger partial charge in [0.1, 0.15) is 30.8 Å². The fourth-order valence-electron chi connectivity index (χ4n) is 9.63. The van der Waals surface area contributed by atoms with E-state index in [1.165, 1.54) is 6.07 Å². The van der Waals surface area contributed by atoms with Crippen molar-refractivity contribution in [3.63, 3.8) is 0 Å². The van der Waals surface area contributed by atoms with Crippen LogP contribution in [-0.4, -0.2) is 131 Å². The number of rotatable bonds is 25. The first-order chi connectivity index (χ1) is 39.3. The number of aromatic carboxylic acids is 1. The third-order valence-electron chi connectivity index (χ3n) is 13.7. The van der Waals surface area contributed by atoms with Crippen molar-refractivity contribution in [2.24, 2.45) is 7.05 Å². The normalized spacial score (nSPS) is 15.4. The van der Waals surface area contributed by atoms with Gasteiger partial charge in [-0.2, -0.15) is 18.2 Å². The number of aromatic amines is 1. The quantitative estimate of drug-likeness (QED) is 0.0162. The van der Waals surface area contributed by atoms with E-state index >= 15 is 0 Å². The number of pyridine rings is 1. The SMILES string of the molecule is Cn1ccc2cc(-c3cc4nc(Oc5ccc(CCC6=CN(CCOCCOCCOCCOc7cncc(NCC#Cc8cc9c(N[C@H]%10CCNC[C@H]%10F)cccc9n8CC(F)(F)F)c7)NN6)c(C(=O)O)c5)[nH]c4cc3Cl)ccc21. The zero-order valence-electron chi connectivity index (χ0n) is 44.2. The summed E-state index contributed by atoms with van der Waals surface area (Å²) >= 11 is 6.73. The minimum atomic E-state index is -4.48. The number of nitrogens with zero attached hydrogens (tertiary/aromatic N) is 5. The van der Waals surface area contributed by atoms with Gasteiger partial charge in [0.2, 0.25) is 0 Å². The lowest BCUT2D eigenvalue weighted by Gasteiger charge is -2.28. The van der Waals surface area contributed by atoms with Crippen molar-refractivity contribution in [3.05, 3.63) is 137 Å².